The van der Waals surface area contributed by atoms with E-state index in [-0.39, 0.29) is 17.4 Å². The molecule has 0 radical (unpaired) electrons. The van der Waals surface area contributed by atoms with Crippen molar-refractivity contribution in [3.05, 3.63) is 53.2 Å². The summed E-state index contributed by atoms with van der Waals surface area (Å²) in [6.45, 7) is 3.44. The first-order valence-corrected chi connectivity index (χ1v) is 9.60. The van der Waals surface area contributed by atoms with Crippen LogP contribution in [0.25, 0.3) is 10.6 Å². The summed E-state index contributed by atoms with van der Waals surface area (Å²) in [6.07, 6.45) is 1.56. The monoisotopic (exact) mass is 399 g/mol. The third-order valence-corrected chi connectivity index (χ3v) is 5.35. The molecule has 9 heteroatoms. The second-order valence-electron chi connectivity index (χ2n) is 5.64. The van der Waals surface area contributed by atoms with Crippen molar-refractivity contribution in [1.29, 1.82) is 0 Å². The van der Waals surface area contributed by atoms with E-state index in [0.29, 0.717) is 11.4 Å². The van der Waals surface area contributed by atoms with Crippen LogP contribution < -0.4 is 15.8 Å². The predicted molar refractivity (Wildman–Crippen MR) is 109 cm³/mol. The zero-order valence-corrected chi connectivity index (χ0v) is 16.3. The molecule has 0 aliphatic carbocycles. The molecule has 2 amide bonds. The minimum absolute atomic E-state index is 0.0716. The number of aromatic nitrogens is 2. The lowest BCUT2D eigenvalue weighted by Crippen LogP contribution is -2.17. The largest absolute Gasteiger partial charge is 0.382 e. The van der Waals surface area contributed by atoms with E-state index in [1.54, 1.807) is 41.8 Å². The number of aryl methyl sites for hydroxylation is 1. The van der Waals surface area contributed by atoms with Gasteiger partial charge in [-0.25, -0.2) is 9.97 Å². The van der Waals surface area contributed by atoms with Gasteiger partial charge in [-0.1, -0.05) is 0 Å². The number of thiophene rings is 1. The highest BCUT2D eigenvalue weighted by atomic mass is 32.2. The first-order valence-electron chi connectivity index (χ1n) is 7.96. The molecule has 0 aliphatic rings. The van der Waals surface area contributed by atoms with Crippen molar-refractivity contribution in [2.75, 3.05) is 11.1 Å². The molecule has 0 spiro atoms. The Morgan fingerprint density at radius 1 is 1.15 bits per heavy atom. The molecule has 0 saturated carbocycles. The van der Waals surface area contributed by atoms with Gasteiger partial charge in [0.05, 0.1) is 16.8 Å². The van der Waals surface area contributed by atoms with Crippen LogP contribution in [0.4, 0.5) is 11.5 Å². The normalized spacial score (nSPS) is 10.4. The van der Waals surface area contributed by atoms with Crippen molar-refractivity contribution >= 4 is 46.6 Å². The lowest BCUT2D eigenvalue weighted by atomic mass is 10.3. The fourth-order valence-electron chi connectivity index (χ4n) is 2.18. The smallest absolute Gasteiger partial charge is 0.278 e. The number of nitrogen functional groups attached to an aromatic ring is 1. The fourth-order valence-corrected chi connectivity index (χ4v) is 3.54. The summed E-state index contributed by atoms with van der Waals surface area (Å²) >= 11 is 2.78. The van der Waals surface area contributed by atoms with Crippen LogP contribution in [-0.4, -0.2) is 21.8 Å². The van der Waals surface area contributed by atoms with Gasteiger partial charge in [0.15, 0.2) is 11.5 Å². The van der Waals surface area contributed by atoms with Gasteiger partial charge in [-0.05, 0) is 55.3 Å². The first-order chi connectivity index (χ1) is 12.9. The van der Waals surface area contributed by atoms with Crippen LogP contribution in [0.5, 0.6) is 0 Å². The third-order valence-electron chi connectivity index (χ3n) is 3.43. The van der Waals surface area contributed by atoms with Crippen molar-refractivity contribution in [2.45, 2.75) is 18.7 Å². The van der Waals surface area contributed by atoms with Crippen LogP contribution >= 0.6 is 23.3 Å². The number of benzene rings is 1. The van der Waals surface area contributed by atoms with E-state index in [9.17, 15) is 9.59 Å². The van der Waals surface area contributed by atoms with Gasteiger partial charge in [0.25, 0.3) is 5.91 Å². The van der Waals surface area contributed by atoms with E-state index in [2.05, 4.69) is 20.0 Å². The molecule has 0 fully saturated rings. The topological polar surface area (TPSA) is 110 Å². The summed E-state index contributed by atoms with van der Waals surface area (Å²) in [6, 6.07) is 11.0. The lowest BCUT2D eigenvalue weighted by molar-refractivity contribution is -0.117. The minimum Gasteiger partial charge on any atom is -0.382 e. The van der Waals surface area contributed by atoms with E-state index in [4.69, 9.17) is 5.73 Å². The molecule has 0 unspecified atom stereocenters. The van der Waals surface area contributed by atoms with Crippen LogP contribution in [0, 0.1) is 6.92 Å². The zero-order valence-electron chi connectivity index (χ0n) is 14.6. The number of nitrogens with zero attached hydrogens (tertiary/aromatic N) is 2. The van der Waals surface area contributed by atoms with Crippen LogP contribution in [0.2, 0.25) is 0 Å². The molecule has 0 bridgehead atoms. The summed E-state index contributed by atoms with van der Waals surface area (Å²) < 4.78 is 2.64. The number of rotatable bonds is 5. The van der Waals surface area contributed by atoms with E-state index in [1.165, 1.54) is 18.9 Å². The van der Waals surface area contributed by atoms with E-state index >= 15 is 0 Å². The molecule has 3 rings (SSSR count). The highest BCUT2D eigenvalue weighted by Crippen LogP contribution is 2.27. The van der Waals surface area contributed by atoms with Gasteiger partial charge in [0.2, 0.25) is 5.91 Å². The van der Waals surface area contributed by atoms with Gasteiger partial charge in [-0.15, -0.1) is 11.3 Å². The molecule has 2 aromatic heterocycles. The van der Waals surface area contributed by atoms with Crippen molar-refractivity contribution in [3.8, 4) is 10.6 Å². The average Bonchev–Trinajstić information content (AvgIpc) is 3.07. The molecule has 2 heterocycles. The lowest BCUT2D eigenvalue weighted by Gasteiger charge is -2.08. The Morgan fingerprint density at radius 3 is 2.52 bits per heavy atom. The highest BCUT2D eigenvalue weighted by Gasteiger charge is 2.15. The maximum Gasteiger partial charge on any atom is 0.278 e. The zero-order chi connectivity index (χ0) is 19.4. The molecule has 4 N–H and O–H groups in total. The molecule has 7 nitrogen and oxygen atoms in total. The van der Waals surface area contributed by atoms with Crippen LogP contribution in [-0.2, 0) is 4.79 Å². The van der Waals surface area contributed by atoms with Crippen LogP contribution in [0.1, 0.15) is 22.3 Å². The second kappa shape index (κ2) is 8.19. The summed E-state index contributed by atoms with van der Waals surface area (Å²) in [5.74, 6) is -0.494. The summed E-state index contributed by atoms with van der Waals surface area (Å²) in [5, 5.41) is 2.76. The van der Waals surface area contributed by atoms with Crippen molar-refractivity contribution in [3.63, 3.8) is 0 Å². The standard InChI is InChI=1S/C18H17N5O2S2/c1-10-3-8-15(26-10)14-9-20-17(19)16(22-14)18(25)21-12-4-6-13(7-5-12)27-23-11(2)24/h3-9H,1-2H3,(H2,19,20)(H,21,25)(H,23,24). The third kappa shape index (κ3) is 4.83. The fraction of sp³-hybridized carbons (Fsp3) is 0.111. The Labute approximate surface area is 164 Å². The molecule has 0 atom stereocenters. The molecule has 0 aliphatic heterocycles. The summed E-state index contributed by atoms with van der Waals surface area (Å²) in [4.78, 5) is 34.9. The number of carbonyl (C=O) groups is 2. The van der Waals surface area contributed by atoms with Gasteiger partial charge in [-0.2, -0.15) is 0 Å². The number of hydrogen-bond acceptors (Lipinski definition) is 7. The number of carbonyl (C=O) groups excluding carboxylic acids is 2. The molecule has 1 aromatic carbocycles. The van der Waals surface area contributed by atoms with E-state index in [1.807, 2.05) is 19.1 Å². The molecular weight excluding hydrogens is 382 g/mol. The minimum atomic E-state index is -0.433. The summed E-state index contributed by atoms with van der Waals surface area (Å²) in [7, 11) is 0. The number of amides is 2. The Kier molecular flexibility index (Phi) is 5.72. The Balaban J connectivity index is 1.75. The molecule has 0 saturated heterocycles. The van der Waals surface area contributed by atoms with Crippen molar-refractivity contribution in [1.82, 2.24) is 14.7 Å². The first kappa shape index (κ1) is 18.9. The predicted octanol–water partition coefficient (Wildman–Crippen LogP) is 3.49. The van der Waals surface area contributed by atoms with Crippen LogP contribution in [0.15, 0.2) is 47.5 Å². The van der Waals surface area contributed by atoms with Gasteiger partial charge < -0.3 is 11.1 Å². The molecule has 3 aromatic rings. The number of anilines is 2. The van der Waals surface area contributed by atoms with E-state index < -0.39 is 5.91 Å². The molecular formula is C18H17N5O2S2. The highest BCUT2D eigenvalue weighted by molar-refractivity contribution is 7.98. The molecule has 138 valence electrons. The van der Waals surface area contributed by atoms with Gasteiger partial charge in [0.1, 0.15) is 0 Å². The number of nitrogens with two attached hydrogens (primary N) is 1. The van der Waals surface area contributed by atoms with Crippen molar-refractivity contribution < 1.29 is 9.59 Å². The average molecular weight is 400 g/mol. The Hall–Kier alpha value is -2.91. The number of hydrogen-bond donors (Lipinski definition) is 3. The quantitative estimate of drug-likeness (QED) is 0.567. The maximum atomic E-state index is 12.6. The Bertz CT molecular complexity index is 986. The maximum absolute atomic E-state index is 12.6. The van der Waals surface area contributed by atoms with Gasteiger partial charge in [-0.3, -0.25) is 14.3 Å². The van der Waals surface area contributed by atoms with Gasteiger partial charge in [0, 0.05) is 22.4 Å². The number of nitrogens with one attached hydrogen (secondary N) is 2. The SMILES string of the molecule is CC(=O)NSc1ccc(NC(=O)c2nc(-c3ccc(C)s3)cnc2N)cc1. The Morgan fingerprint density at radius 2 is 1.89 bits per heavy atom. The van der Waals surface area contributed by atoms with Gasteiger partial charge >= 0.3 is 0 Å². The molecule has 27 heavy (non-hydrogen) atoms. The summed E-state index contributed by atoms with van der Waals surface area (Å²) in [5.41, 5.74) is 7.12. The van der Waals surface area contributed by atoms with E-state index in [0.717, 1.165) is 14.6 Å². The van der Waals surface area contributed by atoms with Crippen molar-refractivity contribution in [2.24, 2.45) is 0 Å². The second-order valence-corrected chi connectivity index (χ2v) is 7.81. The van der Waals surface area contributed by atoms with Crippen LogP contribution in [0.3, 0.4) is 0 Å².